The Morgan fingerprint density at radius 2 is 2.06 bits per heavy atom. The standard InChI is InChI=1S/C13H12ClNO/c1-2-13(8-3-9-15-13)12(16)10-4-6-11(14)7-5-10/h3-9H,2H2,1H3. The van der Waals surface area contributed by atoms with E-state index in [1.807, 2.05) is 19.1 Å². The molecule has 0 aliphatic carbocycles. The first-order chi connectivity index (χ1) is 7.68. The molecular formula is C13H12ClNO. The predicted octanol–water partition coefficient (Wildman–Crippen LogP) is 3.31. The Labute approximate surface area is 99.7 Å². The smallest absolute Gasteiger partial charge is 0.194 e. The van der Waals surface area contributed by atoms with Gasteiger partial charge < -0.3 is 0 Å². The lowest BCUT2D eigenvalue weighted by Gasteiger charge is -2.20. The summed E-state index contributed by atoms with van der Waals surface area (Å²) in [5, 5.41) is 0.632. The SMILES string of the molecule is CCC1(C(=O)c2ccc(Cl)cc2)C=CC=N1. The second-order valence-corrected chi connectivity index (χ2v) is 4.19. The first-order valence-corrected chi connectivity index (χ1v) is 5.59. The lowest BCUT2D eigenvalue weighted by Crippen LogP contribution is -2.32. The minimum atomic E-state index is -0.701. The Morgan fingerprint density at radius 1 is 1.38 bits per heavy atom. The molecule has 0 radical (unpaired) electrons. The van der Waals surface area contributed by atoms with Crippen LogP contribution in [0.15, 0.2) is 41.4 Å². The molecule has 82 valence electrons. The summed E-state index contributed by atoms with van der Waals surface area (Å²) in [4.78, 5) is 16.6. The zero-order valence-electron chi connectivity index (χ0n) is 8.98. The molecule has 1 aliphatic rings. The van der Waals surface area contributed by atoms with E-state index in [0.29, 0.717) is 17.0 Å². The summed E-state index contributed by atoms with van der Waals surface area (Å²) in [6.07, 6.45) is 6.01. The highest BCUT2D eigenvalue weighted by atomic mass is 35.5. The lowest BCUT2D eigenvalue weighted by molar-refractivity contribution is 0.0921. The van der Waals surface area contributed by atoms with Crippen molar-refractivity contribution in [1.29, 1.82) is 0 Å². The van der Waals surface area contributed by atoms with Crippen LogP contribution in [0.5, 0.6) is 0 Å². The van der Waals surface area contributed by atoms with E-state index < -0.39 is 5.54 Å². The third-order valence-corrected chi connectivity index (χ3v) is 3.05. The maximum atomic E-state index is 12.3. The number of allylic oxidation sites excluding steroid dienone is 1. The summed E-state index contributed by atoms with van der Waals surface area (Å²) < 4.78 is 0. The molecule has 1 aromatic carbocycles. The Hall–Kier alpha value is -1.41. The fraction of sp³-hybridized carbons (Fsp3) is 0.231. The topological polar surface area (TPSA) is 29.4 Å². The molecule has 1 aliphatic heterocycles. The molecule has 0 aromatic heterocycles. The van der Waals surface area contributed by atoms with Crippen LogP contribution in [0.1, 0.15) is 23.7 Å². The summed E-state index contributed by atoms with van der Waals surface area (Å²) >= 11 is 5.79. The van der Waals surface area contributed by atoms with E-state index >= 15 is 0 Å². The highest BCUT2D eigenvalue weighted by Crippen LogP contribution is 2.26. The molecule has 1 heterocycles. The van der Waals surface area contributed by atoms with E-state index in [2.05, 4.69) is 4.99 Å². The van der Waals surface area contributed by atoms with Crippen molar-refractivity contribution in [1.82, 2.24) is 0 Å². The number of halogens is 1. The fourth-order valence-electron chi connectivity index (χ4n) is 1.78. The number of aliphatic imine (C=N–C) groups is 1. The van der Waals surface area contributed by atoms with Gasteiger partial charge in [-0.2, -0.15) is 0 Å². The van der Waals surface area contributed by atoms with Crippen LogP contribution in [0.25, 0.3) is 0 Å². The number of hydrogen-bond acceptors (Lipinski definition) is 2. The molecule has 16 heavy (non-hydrogen) atoms. The average molecular weight is 234 g/mol. The maximum absolute atomic E-state index is 12.3. The molecule has 0 bridgehead atoms. The first-order valence-electron chi connectivity index (χ1n) is 5.21. The van der Waals surface area contributed by atoms with Crippen molar-refractivity contribution in [3.05, 3.63) is 47.0 Å². The Balaban J connectivity index is 2.35. The van der Waals surface area contributed by atoms with E-state index in [4.69, 9.17) is 11.6 Å². The summed E-state index contributed by atoms with van der Waals surface area (Å²) in [6, 6.07) is 6.93. The van der Waals surface area contributed by atoms with Crippen LogP contribution < -0.4 is 0 Å². The molecule has 0 spiro atoms. The molecule has 0 amide bonds. The third kappa shape index (κ3) is 1.81. The van der Waals surface area contributed by atoms with Gasteiger partial charge in [0.1, 0.15) is 5.54 Å². The number of benzene rings is 1. The first kappa shape index (κ1) is 11.1. The Bertz CT molecular complexity index is 447. The molecule has 1 unspecified atom stereocenters. The number of hydrogen-bond donors (Lipinski definition) is 0. The van der Waals surface area contributed by atoms with Gasteiger partial charge >= 0.3 is 0 Å². The molecule has 2 nitrogen and oxygen atoms in total. The zero-order valence-corrected chi connectivity index (χ0v) is 9.74. The molecular weight excluding hydrogens is 222 g/mol. The van der Waals surface area contributed by atoms with Crippen molar-refractivity contribution in [3.63, 3.8) is 0 Å². The second-order valence-electron chi connectivity index (χ2n) is 3.75. The van der Waals surface area contributed by atoms with Crippen LogP contribution in [0.4, 0.5) is 0 Å². The minimum Gasteiger partial charge on any atom is -0.291 e. The van der Waals surface area contributed by atoms with E-state index in [0.717, 1.165) is 0 Å². The quantitative estimate of drug-likeness (QED) is 0.737. The molecule has 0 saturated heterocycles. The van der Waals surface area contributed by atoms with Gasteiger partial charge in [0.25, 0.3) is 0 Å². The number of Topliss-reactive ketones (excluding diaryl/α,β-unsaturated/α-hetero) is 1. The Morgan fingerprint density at radius 3 is 2.56 bits per heavy atom. The van der Waals surface area contributed by atoms with Gasteiger partial charge in [0.2, 0.25) is 0 Å². The summed E-state index contributed by atoms with van der Waals surface area (Å²) in [7, 11) is 0. The molecule has 1 aromatic rings. The summed E-state index contributed by atoms with van der Waals surface area (Å²) in [5.74, 6) is 0.0247. The van der Waals surface area contributed by atoms with Crippen molar-refractivity contribution < 1.29 is 4.79 Å². The van der Waals surface area contributed by atoms with Gasteiger partial charge in [-0.25, -0.2) is 0 Å². The minimum absolute atomic E-state index is 0.0247. The summed E-state index contributed by atoms with van der Waals surface area (Å²) in [6.45, 7) is 1.96. The molecule has 0 saturated carbocycles. The van der Waals surface area contributed by atoms with E-state index in [-0.39, 0.29) is 5.78 Å². The molecule has 0 fully saturated rings. The third-order valence-electron chi connectivity index (χ3n) is 2.80. The van der Waals surface area contributed by atoms with Crippen LogP contribution in [-0.2, 0) is 0 Å². The van der Waals surface area contributed by atoms with Gasteiger partial charge in [0.05, 0.1) is 0 Å². The van der Waals surface area contributed by atoms with Gasteiger partial charge in [-0.3, -0.25) is 9.79 Å². The molecule has 1 atom stereocenters. The van der Waals surface area contributed by atoms with Crippen LogP contribution in [0.3, 0.4) is 0 Å². The van der Waals surface area contributed by atoms with Crippen LogP contribution >= 0.6 is 11.6 Å². The van der Waals surface area contributed by atoms with Crippen LogP contribution in [0.2, 0.25) is 5.02 Å². The predicted molar refractivity (Wildman–Crippen MR) is 66.4 cm³/mol. The van der Waals surface area contributed by atoms with E-state index in [1.165, 1.54) is 0 Å². The number of carbonyl (C=O) groups is 1. The fourth-order valence-corrected chi connectivity index (χ4v) is 1.90. The molecule has 0 N–H and O–H groups in total. The normalized spacial score (nSPS) is 22.6. The molecule has 2 rings (SSSR count). The largest absolute Gasteiger partial charge is 0.291 e. The van der Waals surface area contributed by atoms with Crippen LogP contribution in [0, 0.1) is 0 Å². The number of carbonyl (C=O) groups excluding carboxylic acids is 1. The van der Waals surface area contributed by atoms with Crippen molar-refractivity contribution in [3.8, 4) is 0 Å². The van der Waals surface area contributed by atoms with Gasteiger partial charge in [-0.15, -0.1) is 0 Å². The average Bonchev–Trinajstić information content (AvgIpc) is 2.79. The summed E-state index contributed by atoms with van der Waals surface area (Å²) in [5.41, 5.74) is -0.0525. The maximum Gasteiger partial charge on any atom is 0.194 e. The van der Waals surface area contributed by atoms with Crippen molar-refractivity contribution in [2.45, 2.75) is 18.9 Å². The van der Waals surface area contributed by atoms with E-state index in [9.17, 15) is 4.79 Å². The van der Waals surface area contributed by atoms with Crippen LogP contribution in [-0.4, -0.2) is 17.5 Å². The van der Waals surface area contributed by atoms with Crippen molar-refractivity contribution in [2.24, 2.45) is 4.99 Å². The van der Waals surface area contributed by atoms with Crippen molar-refractivity contribution >= 4 is 23.6 Å². The highest BCUT2D eigenvalue weighted by Gasteiger charge is 2.35. The Kier molecular flexibility index (Phi) is 2.92. The van der Waals surface area contributed by atoms with Gasteiger partial charge in [0.15, 0.2) is 5.78 Å². The van der Waals surface area contributed by atoms with Gasteiger partial charge in [-0.1, -0.05) is 18.5 Å². The van der Waals surface area contributed by atoms with Gasteiger partial charge in [-0.05, 0) is 42.8 Å². The monoisotopic (exact) mass is 233 g/mol. The second kappa shape index (κ2) is 4.22. The zero-order chi connectivity index (χ0) is 11.6. The number of rotatable bonds is 3. The highest BCUT2D eigenvalue weighted by molar-refractivity contribution is 6.30. The number of nitrogens with zero attached hydrogens (tertiary/aromatic N) is 1. The van der Waals surface area contributed by atoms with E-state index in [1.54, 1.807) is 30.5 Å². The van der Waals surface area contributed by atoms with Crippen molar-refractivity contribution in [2.75, 3.05) is 0 Å². The number of ketones is 1. The van der Waals surface area contributed by atoms with Gasteiger partial charge in [0, 0.05) is 16.8 Å². The lowest BCUT2D eigenvalue weighted by atomic mass is 9.88. The molecule has 3 heteroatoms.